The maximum absolute atomic E-state index is 13.9. The number of benzene rings is 3. The number of anilines is 1. The van der Waals surface area contributed by atoms with Gasteiger partial charge in [-0.15, -0.1) is 11.3 Å². The maximum Gasteiger partial charge on any atom is 0.268 e. The number of nitrogens with one attached hydrogen (secondary N) is 1. The van der Waals surface area contributed by atoms with Crippen molar-refractivity contribution < 1.29 is 9.18 Å². The molecule has 2 heterocycles. The smallest absolute Gasteiger partial charge is 0.268 e. The van der Waals surface area contributed by atoms with E-state index < -0.39 is 5.82 Å². The molecule has 3 aromatic carbocycles. The molecule has 8 heteroatoms. The van der Waals surface area contributed by atoms with Gasteiger partial charge in [0.2, 0.25) is 5.91 Å². The number of para-hydroxylation sites is 2. The second kappa shape index (κ2) is 10.1. The fourth-order valence-electron chi connectivity index (χ4n) is 3.87. The average molecular weight is 516 g/mol. The largest absolute Gasteiger partial charge is 0.323 e. The van der Waals surface area contributed by atoms with Crippen molar-refractivity contribution in [3.63, 3.8) is 0 Å². The molecule has 2 aromatic heterocycles. The Morgan fingerprint density at radius 3 is 2.53 bits per heavy atom. The van der Waals surface area contributed by atoms with Crippen LogP contribution in [-0.4, -0.2) is 21.2 Å². The van der Waals surface area contributed by atoms with E-state index in [1.165, 1.54) is 29.0 Å². The van der Waals surface area contributed by atoms with Gasteiger partial charge in [0.15, 0.2) is 5.16 Å². The summed E-state index contributed by atoms with van der Waals surface area (Å²) in [6.07, 6.45) is 0. The van der Waals surface area contributed by atoms with E-state index in [0.29, 0.717) is 21.1 Å². The summed E-state index contributed by atoms with van der Waals surface area (Å²) in [5.74, 6) is -0.927. The van der Waals surface area contributed by atoms with Gasteiger partial charge in [0.05, 0.1) is 22.5 Å². The Kier molecular flexibility index (Phi) is 6.71. The van der Waals surface area contributed by atoms with Crippen LogP contribution in [0.1, 0.15) is 11.1 Å². The topological polar surface area (TPSA) is 64.0 Å². The van der Waals surface area contributed by atoms with Crippen molar-refractivity contribution in [2.24, 2.45) is 0 Å². The van der Waals surface area contributed by atoms with Crippen molar-refractivity contribution in [3.8, 4) is 16.8 Å². The molecule has 5 rings (SSSR count). The lowest BCUT2D eigenvalue weighted by molar-refractivity contribution is -0.113. The van der Waals surface area contributed by atoms with Gasteiger partial charge in [0, 0.05) is 10.9 Å². The number of hydrogen-bond acceptors (Lipinski definition) is 5. The Morgan fingerprint density at radius 1 is 1.03 bits per heavy atom. The highest BCUT2D eigenvalue weighted by atomic mass is 32.2. The fourth-order valence-corrected chi connectivity index (χ4v) is 5.68. The number of fused-ring (bicyclic) bond motifs is 1. The van der Waals surface area contributed by atoms with Gasteiger partial charge in [0.25, 0.3) is 5.56 Å². The van der Waals surface area contributed by atoms with Crippen LogP contribution in [0.25, 0.3) is 27.0 Å². The van der Waals surface area contributed by atoms with E-state index in [2.05, 4.69) is 31.3 Å². The first kappa shape index (κ1) is 24.0. The molecule has 1 N–H and O–H groups in total. The molecular weight excluding hydrogens is 493 g/mol. The first-order valence-corrected chi connectivity index (χ1v) is 13.1. The highest BCUT2D eigenvalue weighted by molar-refractivity contribution is 7.99. The van der Waals surface area contributed by atoms with E-state index in [9.17, 15) is 14.0 Å². The van der Waals surface area contributed by atoms with Crippen molar-refractivity contribution in [1.82, 2.24) is 9.55 Å². The third-order valence-electron chi connectivity index (χ3n) is 5.89. The summed E-state index contributed by atoms with van der Waals surface area (Å²) in [5.41, 5.74) is 4.72. The highest BCUT2D eigenvalue weighted by Gasteiger charge is 2.20. The van der Waals surface area contributed by atoms with E-state index >= 15 is 0 Å². The summed E-state index contributed by atoms with van der Waals surface area (Å²) in [6.45, 7) is 4.11. The summed E-state index contributed by atoms with van der Waals surface area (Å²) < 4.78 is 15.5. The van der Waals surface area contributed by atoms with Gasteiger partial charge >= 0.3 is 0 Å². The van der Waals surface area contributed by atoms with E-state index in [1.54, 1.807) is 16.7 Å². The van der Waals surface area contributed by atoms with Crippen LogP contribution in [0.4, 0.5) is 10.1 Å². The molecule has 0 aliphatic carbocycles. The molecule has 0 saturated carbocycles. The first-order chi connectivity index (χ1) is 17.4. The minimum atomic E-state index is -0.506. The molecule has 0 spiro atoms. The van der Waals surface area contributed by atoms with Gasteiger partial charge < -0.3 is 5.32 Å². The predicted molar refractivity (Wildman–Crippen MR) is 146 cm³/mol. The molecule has 0 bridgehead atoms. The van der Waals surface area contributed by atoms with Gasteiger partial charge in [-0.1, -0.05) is 60.3 Å². The minimum absolute atomic E-state index is 0.0332. The number of aromatic nitrogens is 2. The van der Waals surface area contributed by atoms with Crippen LogP contribution in [0.15, 0.2) is 88.1 Å². The van der Waals surface area contributed by atoms with Crippen molar-refractivity contribution in [2.45, 2.75) is 19.0 Å². The van der Waals surface area contributed by atoms with Crippen molar-refractivity contribution in [3.05, 3.63) is 105 Å². The summed E-state index contributed by atoms with van der Waals surface area (Å²) in [6, 6.07) is 21.4. The predicted octanol–water partition coefficient (Wildman–Crippen LogP) is 6.60. The van der Waals surface area contributed by atoms with E-state index in [1.807, 2.05) is 41.8 Å². The molecule has 1 amide bonds. The molecule has 0 unspecified atom stereocenters. The Bertz CT molecular complexity index is 1640. The SMILES string of the molecule is Cc1ccc(-c2csc3nc(SCC(=O)Nc4ccccc4F)n(-c4ccccc4)c(=O)c23)cc1C. The lowest BCUT2D eigenvalue weighted by atomic mass is 10.0. The molecule has 5 aromatic rings. The van der Waals surface area contributed by atoms with Gasteiger partial charge in [-0.3, -0.25) is 14.2 Å². The van der Waals surface area contributed by atoms with Crippen LogP contribution < -0.4 is 10.9 Å². The average Bonchev–Trinajstić information content (AvgIpc) is 3.31. The number of halogens is 1. The van der Waals surface area contributed by atoms with Crippen LogP contribution in [0, 0.1) is 19.7 Å². The highest BCUT2D eigenvalue weighted by Crippen LogP contribution is 2.34. The molecule has 0 saturated heterocycles. The Hall–Kier alpha value is -3.75. The summed E-state index contributed by atoms with van der Waals surface area (Å²) in [7, 11) is 0. The van der Waals surface area contributed by atoms with E-state index in [4.69, 9.17) is 4.98 Å². The maximum atomic E-state index is 13.9. The minimum Gasteiger partial charge on any atom is -0.323 e. The van der Waals surface area contributed by atoms with Crippen molar-refractivity contribution in [1.29, 1.82) is 0 Å². The van der Waals surface area contributed by atoms with Crippen LogP contribution in [0.5, 0.6) is 0 Å². The van der Waals surface area contributed by atoms with Crippen molar-refractivity contribution in [2.75, 3.05) is 11.1 Å². The zero-order valence-electron chi connectivity index (χ0n) is 19.6. The molecule has 180 valence electrons. The molecule has 5 nitrogen and oxygen atoms in total. The number of thioether (sulfide) groups is 1. The number of nitrogens with zero attached hydrogens (tertiary/aromatic N) is 2. The third kappa shape index (κ3) is 4.69. The van der Waals surface area contributed by atoms with Crippen LogP contribution in [0.2, 0.25) is 0 Å². The van der Waals surface area contributed by atoms with E-state index in [-0.39, 0.29) is 22.9 Å². The zero-order chi connectivity index (χ0) is 25.2. The van der Waals surface area contributed by atoms with Crippen LogP contribution >= 0.6 is 23.1 Å². The fraction of sp³-hybridized carbons (Fsp3) is 0.107. The summed E-state index contributed by atoms with van der Waals surface area (Å²) in [4.78, 5) is 31.9. The third-order valence-corrected chi connectivity index (χ3v) is 7.70. The standard InChI is InChI=1S/C28H22FN3O2S2/c1-17-12-13-19(14-18(17)2)21-15-35-26-25(21)27(34)32(20-8-4-3-5-9-20)28(31-26)36-16-24(33)30-23-11-7-6-10-22(23)29/h3-15H,16H2,1-2H3,(H,30,33). The Labute approximate surface area is 215 Å². The van der Waals surface area contributed by atoms with Crippen molar-refractivity contribution >= 4 is 44.9 Å². The number of amides is 1. The van der Waals surface area contributed by atoms with E-state index in [0.717, 1.165) is 28.5 Å². The number of carbonyl (C=O) groups excluding carboxylic acids is 1. The summed E-state index contributed by atoms with van der Waals surface area (Å²) in [5, 5.41) is 5.48. The number of hydrogen-bond donors (Lipinski definition) is 1. The normalized spacial score (nSPS) is 11.1. The molecule has 0 aliphatic rings. The second-order valence-electron chi connectivity index (χ2n) is 8.32. The molecule has 0 atom stereocenters. The molecule has 0 fully saturated rings. The van der Waals surface area contributed by atoms with Gasteiger partial charge in [-0.25, -0.2) is 9.37 Å². The van der Waals surface area contributed by atoms with Crippen LogP contribution in [-0.2, 0) is 4.79 Å². The Morgan fingerprint density at radius 2 is 1.78 bits per heavy atom. The second-order valence-corrected chi connectivity index (χ2v) is 10.1. The quantitative estimate of drug-likeness (QED) is 0.204. The van der Waals surface area contributed by atoms with Gasteiger partial charge in [0.1, 0.15) is 10.6 Å². The van der Waals surface area contributed by atoms with Crippen LogP contribution in [0.3, 0.4) is 0 Å². The molecule has 36 heavy (non-hydrogen) atoms. The zero-order valence-corrected chi connectivity index (χ0v) is 21.3. The lowest BCUT2D eigenvalue weighted by Crippen LogP contribution is -2.22. The lowest BCUT2D eigenvalue weighted by Gasteiger charge is -2.13. The van der Waals surface area contributed by atoms with Gasteiger partial charge in [-0.05, 0) is 54.8 Å². The Balaban J connectivity index is 1.56. The monoisotopic (exact) mass is 515 g/mol. The molecule has 0 radical (unpaired) electrons. The van der Waals surface area contributed by atoms with Gasteiger partial charge in [-0.2, -0.15) is 0 Å². The molecular formula is C28H22FN3O2S2. The number of carbonyl (C=O) groups is 1. The number of thiophene rings is 1. The molecule has 0 aliphatic heterocycles. The number of aryl methyl sites for hydroxylation is 2. The first-order valence-electron chi connectivity index (χ1n) is 11.3. The summed E-state index contributed by atoms with van der Waals surface area (Å²) >= 11 is 2.54. The number of rotatable bonds is 6.